The summed E-state index contributed by atoms with van der Waals surface area (Å²) in [5, 5.41) is 2.91. The number of nitrogens with two attached hydrogens (primary N) is 1. The maximum absolute atomic E-state index is 13.0. The highest BCUT2D eigenvalue weighted by Crippen LogP contribution is 2.34. The predicted molar refractivity (Wildman–Crippen MR) is 76.8 cm³/mol. The molecule has 106 valence electrons. The van der Waals surface area contributed by atoms with Crippen LogP contribution in [0.4, 0.5) is 18.9 Å². The Labute approximate surface area is 122 Å². The van der Waals surface area contributed by atoms with Crippen LogP contribution in [0.15, 0.2) is 29.9 Å². The lowest BCUT2D eigenvalue weighted by Gasteiger charge is -2.14. The van der Waals surface area contributed by atoms with Gasteiger partial charge in [0.25, 0.3) is 0 Å². The molecule has 8 heteroatoms. The van der Waals surface area contributed by atoms with Crippen molar-refractivity contribution in [2.24, 2.45) is 5.73 Å². The normalized spacial score (nSPS) is 11.3. The van der Waals surface area contributed by atoms with E-state index in [1.165, 1.54) is 23.5 Å². The van der Waals surface area contributed by atoms with Crippen LogP contribution in [0.2, 0.25) is 0 Å². The van der Waals surface area contributed by atoms with Crippen molar-refractivity contribution in [3.05, 3.63) is 45.9 Å². The Morgan fingerprint density at radius 3 is 2.70 bits per heavy atom. The van der Waals surface area contributed by atoms with Gasteiger partial charge in [-0.05, 0) is 18.2 Å². The molecule has 0 aliphatic rings. The number of anilines is 1. The van der Waals surface area contributed by atoms with Gasteiger partial charge in [0.15, 0.2) is 0 Å². The topological polar surface area (TPSA) is 50.9 Å². The molecular formula is C12H10F3N3S2. The SMILES string of the molecule is NC(=S)c1ccc(NCc2cncs2)cc1C(F)(F)F. The fourth-order valence-electron chi connectivity index (χ4n) is 1.62. The highest BCUT2D eigenvalue weighted by Gasteiger charge is 2.34. The third kappa shape index (κ3) is 3.45. The molecule has 0 atom stereocenters. The van der Waals surface area contributed by atoms with Gasteiger partial charge in [0.1, 0.15) is 4.99 Å². The average molecular weight is 317 g/mol. The van der Waals surface area contributed by atoms with E-state index in [0.29, 0.717) is 12.2 Å². The summed E-state index contributed by atoms with van der Waals surface area (Å²) in [4.78, 5) is 4.55. The summed E-state index contributed by atoms with van der Waals surface area (Å²) in [6.45, 7) is 0.411. The van der Waals surface area contributed by atoms with E-state index < -0.39 is 11.7 Å². The minimum absolute atomic E-state index is 0.171. The third-order valence-corrected chi connectivity index (χ3v) is 3.54. The Kier molecular flexibility index (Phi) is 4.24. The number of thiocarbonyl (C=S) groups is 1. The molecule has 0 amide bonds. The molecule has 0 fully saturated rings. The largest absolute Gasteiger partial charge is 0.417 e. The van der Waals surface area contributed by atoms with Gasteiger partial charge in [-0.2, -0.15) is 13.2 Å². The molecule has 0 aliphatic heterocycles. The molecule has 0 saturated carbocycles. The molecule has 1 heterocycles. The van der Waals surface area contributed by atoms with Gasteiger partial charge >= 0.3 is 6.18 Å². The molecule has 2 aromatic rings. The minimum atomic E-state index is -4.50. The van der Waals surface area contributed by atoms with Crippen LogP contribution < -0.4 is 11.1 Å². The molecule has 20 heavy (non-hydrogen) atoms. The van der Waals surface area contributed by atoms with Crippen LogP contribution in [0.3, 0.4) is 0 Å². The van der Waals surface area contributed by atoms with Crippen molar-refractivity contribution in [2.75, 3.05) is 5.32 Å². The van der Waals surface area contributed by atoms with Gasteiger partial charge in [0.2, 0.25) is 0 Å². The standard InChI is InChI=1S/C12H10F3N3S2/c13-12(14,15)10-3-7(1-2-9(10)11(16)19)18-5-8-4-17-6-20-8/h1-4,6,18H,5H2,(H2,16,19). The van der Waals surface area contributed by atoms with E-state index in [1.807, 2.05) is 0 Å². The molecular weight excluding hydrogens is 307 g/mol. The van der Waals surface area contributed by atoms with Gasteiger partial charge in [-0.1, -0.05) is 12.2 Å². The Hall–Kier alpha value is -1.67. The number of nitrogens with zero attached hydrogens (tertiary/aromatic N) is 1. The molecule has 0 bridgehead atoms. The Morgan fingerprint density at radius 2 is 2.15 bits per heavy atom. The Bertz CT molecular complexity index is 609. The highest BCUT2D eigenvalue weighted by molar-refractivity contribution is 7.80. The van der Waals surface area contributed by atoms with Gasteiger partial charge in [-0.25, -0.2) is 0 Å². The molecule has 1 aromatic carbocycles. The lowest BCUT2D eigenvalue weighted by atomic mass is 10.1. The number of alkyl halides is 3. The molecule has 2 rings (SSSR count). The first-order valence-electron chi connectivity index (χ1n) is 5.50. The van der Waals surface area contributed by atoms with Gasteiger partial charge < -0.3 is 11.1 Å². The number of hydrogen-bond donors (Lipinski definition) is 2. The highest BCUT2D eigenvalue weighted by atomic mass is 32.1. The Balaban J connectivity index is 2.25. The monoisotopic (exact) mass is 317 g/mol. The molecule has 0 saturated heterocycles. The van der Waals surface area contributed by atoms with Crippen LogP contribution in [-0.2, 0) is 12.7 Å². The van der Waals surface area contributed by atoms with E-state index in [1.54, 1.807) is 11.7 Å². The number of nitrogens with one attached hydrogen (secondary N) is 1. The summed E-state index contributed by atoms with van der Waals surface area (Å²) < 4.78 is 38.9. The predicted octanol–water partition coefficient (Wildman–Crippen LogP) is 3.41. The van der Waals surface area contributed by atoms with Crippen LogP contribution >= 0.6 is 23.6 Å². The summed E-state index contributed by atoms with van der Waals surface area (Å²) >= 11 is 6.07. The molecule has 3 nitrogen and oxygen atoms in total. The van der Waals surface area contributed by atoms with E-state index in [4.69, 9.17) is 5.73 Å². The third-order valence-electron chi connectivity index (χ3n) is 2.54. The fourth-order valence-corrected chi connectivity index (χ4v) is 2.33. The minimum Gasteiger partial charge on any atom is -0.389 e. The quantitative estimate of drug-likeness (QED) is 0.849. The second-order valence-electron chi connectivity index (χ2n) is 3.94. The zero-order valence-electron chi connectivity index (χ0n) is 10.1. The van der Waals surface area contributed by atoms with Crippen LogP contribution in [0.1, 0.15) is 16.0 Å². The zero-order chi connectivity index (χ0) is 14.8. The van der Waals surface area contributed by atoms with Crippen molar-refractivity contribution in [1.29, 1.82) is 0 Å². The summed E-state index contributed by atoms with van der Waals surface area (Å²) in [6, 6.07) is 3.81. The average Bonchev–Trinajstić information content (AvgIpc) is 2.88. The Morgan fingerprint density at radius 1 is 1.40 bits per heavy atom. The smallest absolute Gasteiger partial charge is 0.389 e. The molecule has 0 aliphatic carbocycles. The fraction of sp³-hybridized carbons (Fsp3) is 0.167. The summed E-state index contributed by atoms with van der Waals surface area (Å²) in [5.74, 6) is 0. The number of thiazole rings is 1. The van der Waals surface area contributed by atoms with Crippen molar-refractivity contribution in [3.63, 3.8) is 0 Å². The molecule has 0 unspecified atom stereocenters. The number of rotatable bonds is 4. The van der Waals surface area contributed by atoms with Crippen molar-refractivity contribution in [2.45, 2.75) is 12.7 Å². The summed E-state index contributed by atoms with van der Waals surface area (Å²) in [7, 11) is 0. The summed E-state index contributed by atoms with van der Waals surface area (Å²) in [5.41, 5.74) is 6.33. The van der Waals surface area contributed by atoms with Gasteiger partial charge in [-0.3, -0.25) is 4.98 Å². The van der Waals surface area contributed by atoms with E-state index in [9.17, 15) is 13.2 Å². The second-order valence-corrected chi connectivity index (χ2v) is 5.35. The van der Waals surface area contributed by atoms with Crippen LogP contribution in [0.5, 0.6) is 0 Å². The second kappa shape index (κ2) is 5.76. The first-order valence-corrected chi connectivity index (χ1v) is 6.79. The van der Waals surface area contributed by atoms with Crippen molar-refractivity contribution in [3.8, 4) is 0 Å². The van der Waals surface area contributed by atoms with E-state index in [0.717, 1.165) is 10.9 Å². The van der Waals surface area contributed by atoms with E-state index in [-0.39, 0.29) is 10.6 Å². The van der Waals surface area contributed by atoms with E-state index >= 15 is 0 Å². The van der Waals surface area contributed by atoms with Crippen molar-refractivity contribution < 1.29 is 13.2 Å². The van der Waals surface area contributed by atoms with E-state index in [2.05, 4.69) is 22.5 Å². The number of benzene rings is 1. The summed E-state index contributed by atoms with van der Waals surface area (Å²) in [6.07, 6.45) is -2.84. The molecule has 0 radical (unpaired) electrons. The maximum Gasteiger partial charge on any atom is 0.417 e. The maximum atomic E-state index is 13.0. The first-order chi connectivity index (χ1) is 9.38. The molecule has 0 spiro atoms. The molecule has 1 aromatic heterocycles. The zero-order valence-corrected chi connectivity index (χ0v) is 11.7. The van der Waals surface area contributed by atoms with Gasteiger partial charge in [0.05, 0.1) is 17.6 Å². The van der Waals surface area contributed by atoms with Gasteiger partial charge in [0, 0.05) is 22.3 Å². The number of hydrogen-bond acceptors (Lipinski definition) is 4. The van der Waals surface area contributed by atoms with Crippen molar-refractivity contribution >= 4 is 34.2 Å². The lowest BCUT2D eigenvalue weighted by Crippen LogP contribution is -2.18. The molecule has 3 N–H and O–H groups in total. The van der Waals surface area contributed by atoms with Crippen molar-refractivity contribution in [1.82, 2.24) is 4.98 Å². The lowest BCUT2D eigenvalue weighted by molar-refractivity contribution is -0.137. The van der Waals surface area contributed by atoms with Crippen LogP contribution in [0.25, 0.3) is 0 Å². The van der Waals surface area contributed by atoms with Crippen LogP contribution in [0, 0.1) is 0 Å². The van der Waals surface area contributed by atoms with Gasteiger partial charge in [-0.15, -0.1) is 11.3 Å². The number of halogens is 3. The first kappa shape index (κ1) is 14.7. The number of aromatic nitrogens is 1. The van der Waals surface area contributed by atoms with Crippen LogP contribution in [-0.4, -0.2) is 9.97 Å².